The Bertz CT molecular complexity index is 1230. The number of carbonyl (C=O) groups is 1. The zero-order valence-electron chi connectivity index (χ0n) is 18.5. The van der Waals surface area contributed by atoms with Gasteiger partial charge in [0, 0.05) is 37.7 Å². The van der Waals surface area contributed by atoms with Crippen LogP contribution in [0.5, 0.6) is 0 Å². The molecule has 1 fully saturated rings. The van der Waals surface area contributed by atoms with Gasteiger partial charge in [0.05, 0.1) is 15.5 Å². The van der Waals surface area contributed by atoms with E-state index in [4.69, 9.17) is 11.6 Å². The van der Waals surface area contributed by atoms with Crippen LogP contribution in [0.1, 0.15) is 47.4 Å². The molecule has 0 saturated carbocycles. The maximum atomic E-state index is 13.1. The monoisotopic (exact) mass is 486 g/mol. The third-order valence-corrected chi connectivity index (χ3v) is 8.10. The number of carbonyl (C=O) groups excluding carboxylic acids is 1. The minimum Gasteiger partial charge on any atom is -0.348 e. The Kier molecular flexibility index (Phi) is 7.17. The van der Waals surface area contributed by atoms with Crippen molar-refractivity contribution in [3.05, 3.63) is 76.8 Å². The molecule has 1 aromatic heterocycles. The van der Waals surface area contributed by atoms with Gasteiger partial charge >= 0.3 is 0 Å². The van der Waals surface area contributed by atoms with Gasteiger partial charge in [0.15, 0.2) is 0 Å². The number of aryl methyl sites for hydroxylation is 1. The van der Waals surface area contributed by atoms with Crippen molar-refractivity contribution in [1.82, 2.24) is 19.2 Å². The van der Waals surface area contributed by atoms with Crippen molar-refractivity contribution < 1.29 is 13.2 Å². The summed E-state index contributed by atoms with van der Waals surface area (Å²) < 4.78 is 29.7. The molecule has 0 aliphatic carbocycles. The molecule has 0 spiro atoms. The van der Waals surface area contributed by atoms with E-state index in [9.17, 15) is 13.2 Å². The number of imidazole rings is 1. The summed E-state index contributed by atoms with van der Waals surface area (Å²) in [6.07, 6.45) is 7.39. The number of nitrogens with zero attached hydrogens (tertiary/aromatic N) is 3. The molecule has 1 amide bonds. The Balaban J connectivity index is 1.46. The van der Waals surface area contributed by atoms with Gasteiger partial charge in [-0.2, -0.15) is 4.31 Å². The molecule has 2 heterocycles. The zero-order chi connectivity index (χ0) is 23.4. The Morgan fingerprint density at radius 3 is 2.39 bits per heavy atom. The number of sulfonamides is 1. The summed E-state index contributed by atoms with van der Waals surface area (Å²) in [5.74, 6) is 0.475. The third kappa shape index (κ3) is 5.29. The van der Waals surface area contributed by atoms with Gasteiger partial charge in [-0.1, -0.05) is 36.6 Å². The minimum atomic E-state index is -3.67. The van der Waals surface area contributed by atoms with Crippen LogP contribution in [0.25, 0.3) is 5.69 Å². The lowest BCUT2D eigenvalue weighted by Crippen LogP contribution is -2.32. The molecule has 1 N–H and O–H groups in total. The predicted octanol–water partition coefficient (Wildman–Crippen LogP) is 4.33. The average Bonchev–Trinajstić information content (AvgIpc) is 3.06. The lowest BCUT2D eigenvalue weighted by molar-refractivity contribution is 0.0951. The van der Waals surface area contributed by atoms with Crippen LogP contribution in [0.15, 0.2) is 59.8 Å². The van der Waals surface area contributed by atoms with E-state index in [2.05, 4.69) is 10.3 Å². The van der Waals surface area contributed by atoms with Crippen LogP contribution in [-0.4, -0.2) is 41.3 Å². The number of halogens is 1. The first-order valence-electron chi connectivity index (χ1n) is 11.0. The second-order valence-electron chi connectivity index (χ2n) is 8.15. The molecular formula is C24H27ClN4O3S. The predicted molar refractivity (Wildman–Crippen MR) is 128 cm³/mol. The van der Waals surface area contributed by atoms with Crippen molar-refractivity contribution in [3.63, 3.8) is 0 Å². The summed E-state index contributed by atoms with van der Waals surface area (Å²) in [7, 11) is -3.67. The number of aromatic nitrogens is 2. The molecule has 174 valence electrons. The molecule has 0 bridgehead atoms. The van der Waals surface area contributed by atoms with Crippen molar-refractivity contribution >= 4 is 27.5 Å². The van der Waals surface area contributed by atoms with E-state index in [1.807, 2.05) is 42.0 Å². The summed E-state index contributed by atoms with van der Waals surface area (Å²) in [6.45, 7) is 3.22. The van der Waals surface area contributed by atoms with E-state index in [-0.39, 0.29) is 15.5 Å². The minimum absolute atomic E-state index is 0.0963. The number of amides is 1. The molecule has 3 aromatic rings. The highest BCUT2D eigenvalue weighted by atomic mass is 35.5. The summed E-state index contributed by atoms with van der Waals surface area (Å²) in [6, 6.07) is 12.1. The molecule has 33 heavy (non-hydrogen) atoms. The Hall–Kier alpha value is -2.68. The maximum Gasteiger partial charge on any atom is 0.253 e. The van der Waals surface area contributed by atoms with Crippen molar-refractivity contribution in [2.45, 2.75) is 44.0 Å². The molecule has 2 aromatic carbocycles. The maximum absolute atomic E-state index is 13.1. The first-order chi connectivity index (χ1) is 15.9. The van der Waals surface area contributed by atoms with E-state index in [1.165, 1.54) is 22.5 Å². The average molecular weight is 487 g/mol. The number of nitrogens with one attached hydrogen (secondary N) is 1. The fraction of sp³-hybridized carbons (Fsp3) is 0.333. The van der Waals surface area contributed by atoms with Crippen molar-refractivity contribution in [1.29, 1.82) is 0 Å². The summed E-state index contributed by atoms with van der Waals surface area (Å²) >= 11 is 6.25. The van der Waals surface area contributed by atoms with Crippen molar-refractivity contribution in [3.8, 4) is 5.69 Å². The second-order valence-corrected chi connectivity index (χ2v) is 10.5. The fourth-order valence-corrected chi connectivity index (χ4v) is 5.72. The molecule has 1 aliphatic rings. The zero-order valence-corrected chi connectivity index (χ0v) is 20.1. The van der Waals surface area contributed by atoms with Gasteiger partial charge in [-0.25, -0.2) is 13.4 Å². The summed E-state index contributed by atoms with van der Waals surface area (Å²) in [5.41, 5.74) is 2.04. The number of hydrogen-bond donors (Lipinski definition) is 1. The van der Waals surface area contributed by atoms with Crippen LogP contribution < -0.4 is 5.32 Å². The molecule has 1 aliphatic heterocycles. The molecule has 0 atom stereocenters. The van der Waals surface area contributed by atoms with Crippen LogP contribution >= 0.6 is 11.6 Å². The Morgan fingerprint density at radius 2 is 1.76 bits per heavy atom. The lowest BCUT2D eigenvalue weighted by atomic mass is 10.1. The van der Waals surface area contributed by atoms with Gasteiger partial charge in [0.25, 0.3) is 5.91 Å². The van der Waals surface area contributed by atoms with Crippen molar-refractivity contribution in [2.75, 3.05) is 13.1 Å². The highest BCUT2D eigenvalue weighted by molar-refractivity contribution is 7.89. The SMILES string of the molecule is Cc1nccn1-c1ccc(CNC(=O)c2cc(S(=O)(=O)N3CCCCCC3)ccc2Cl)cc1. The van der Waals surface area contributed by atoms with Gasteiger partial charge in [0.2, 0.25) is 10.0 Å². The van der Waals surface area contributed by atoms with E-state index in [1.54, 1.807) is 6.20 Å². The molecule has 4 rings (SSSR count). The van der Waals surface area contributed by atoms with E-state index >= 15 is 0 Å². The molecule has 0 radical (unpaired) electrons. The van der Waals surface area contributed by atoms with Crippen LogP contribution in [-0.2, 0) is 16.6 Å². The van der Waals surface area contributed by atoms with Gasteiger partial charge in [-0.3, -0.25) is 4.79 Å². The van der Waals surface area contributed by atoms with Crippen LogP contribution in [0.2, 0.25) is 5.02 Å². The Morgan fingerprint density at radius 1 is 1.06 bits per heavy atom. The lowest BCUT2D eigenvalue weighted by Gasteiger charge is -2.20. The van der Waals surface area contributed by atoms with Gasteiger partial charge in [-0.15, -0.1) is 0 Å². The summed E-state index contributed by atoms with van der Waals surface area (Å²) in [5, 5.41) is 3.05. The van der Waals surface area contributed by atoms with Crippen LogP contribution in [0.4, 0.5) is 0 Å². The molecule has 0 unspecified atom stereocenters. The first kappa shape index (κ1) is 23.5. The van der Waals surface area contributed by atoms with E-state index in [0.717, 1.165) is 42.8 Å². The van der Waals surface area contributed by atoms with Gasteiger partial charge in [-0.05, 0) is 55.7 Å². The number of hydrogen-bond acceptors (Lipinski definition) is 4. The highest BCUT2D eigenvalue weighted by Gasteiger charge is 2.26. The van der Waals surface area contributed by atoms with Crippen molar-refractivity contribution in [2.24, 2.45) is 0 Å². The first-order valence-corrected chi connectivity index (χ1v) is 12.9. The third-order valence-electron chi connectivity index (χ3n) is 5.88. The fourth-order valence-electron chi connectivity index (χ4n) is 3.97. The topological polar surface area (TPSA) is 84.3 Å². The molecule has 7 nitrogen and oxygen atoms in total. The smallest absolute Gasteiger partial charge is 0.253 e. The Labute approximate surface area is 199 Å². The molecule has 9 heteroatoms. The summed E-state index contributed by atoms with van der Waals surface area (Å²) in [4.78, 5) is 17.2. The molecular weight excluding hydrogens is 460 g/mol. The van der Waals surface area contributed by atoms with E-state index in [0.29, 0.717) is 19.6 Å². The largest absolute Gasteiger partial charge is 0.348 e. The number of rotatable bonds is 6. The highest BCUT2D eigenvalue weighted by Crippen LogP contribution is 2.25. The number of benzene rings is 2. The van der Waals surface area contributed by atoms with Crippen LogP contribution in [0.3, 0.4) is 0 Å². The quantitative estimate of drug-likeness (QED) is 0.562. The normalized spacial score (nSPS) is 15.2. The van der Waals surface area contributed by atoms with Gasteiger partial charge in [0.1, 0.15) is 5.82 Å². The van der Waals surface area contributed by atoms with Gasteiger partial charge < -0.3 is 9.88 Å². The standard InChI is InChI=1S/C24H27ClN4O3S/c1-18-26-12-15-29(18)20-8-6-19(7-9-20)17-27-24(30)22-16-21(10-11-23(22)25)33(31,32)28-13-4-2-3-5-14-28/h6-12,15-16H,2-5,13-14,17H2,1H3,(H,27,30). The molecule has 1 saturated heterocycles. The van der Waals surface area contributed by atoms with Crippen LogP contribution in [0, 0.1) is 6.92 Å². The van der Waals surface area contributed by atoms with E-state index < -0.39 is 15.9 Å². The second kappa shape index (κ2) is 10.1.